The zero-order valence-corrected chi connectivity index (χ0v) is 16.7. The van der Waals surface area contributed by atoms with E-state index in [2.05, 4.69) is 43.4 Å². The van der Waals surface area contributed by atoms with Crippen molar-refractivity contribution in [1.29, 1.82) is 0 Å². The Morgan fingerprint density at radius 3 is 2.19 bits per heavy atom. The molecule has 0 aliphatic heterocycles. The van der Waals surface area contributed by atoms with Gasteiger partial charge in [-0.1, -0.05) is 62.6 Å². The highest BCUT2D eigenvalue weighted by atomic mass is 16.5. The molecule has 0 aromatic rings. The van der Waals surface area contributed by atoms with Crippen LogP contribution >= 0.6 is 0 Å². The van der Waals surface area contributed by atoms with Gasteiger partial charge in [0, 0.05) is 13.5 Å². The van der Waals surface area contributed by atoms with Gasteiger partial charge in [-0.3, -0.25) is 4.79 Å². The zero-order chi connectivity index (χ0) is 19.3. The van der Waals surface area contributed by atoms with Gasteiger partial charge in [-0.2, -0.15) is 0 Å². The molecule has 0 aliphatic carbocycles. The average molecular weight is 367 g/mol. The van der Waals surface area contributed by atoms with Crippen LogP contribution in [-0.2, 0) is 14.3 Å². The molecule has 1 unspecified atom stereocenters. The number of hydrogen-bond acceptors (Lipinski definition) is 4. The first-order valence-corrected chi connectivity index (χ1v) is 9.98. The van der Waals surface area contributed by atoms with E-state index in [-0.39, 0.29) is 19.2 Å². The molecular weight excluding hydrogens is 328 g/mol. The third-order valence-electron chi connectivity index (χ3n) is 3.83. The highest BCUT2D eigenvalue weighted by Gasteiger charge is 2.08. The van der Waals surface area contributed by atoms with Crippen molar-refractivity contribution >= 4 is 5.97 Å². The third kappa shape index (κ3) is 18.9. The molecule has 0 fully saturated rings. The molecule has 0 aromatic heterocycles. The Morgan fingerprint density at radius 1 is 0.885 bits per heavy atom. The van der Waals surface area contributed by atoms with Crippen molar-refractivity contribution in [2.45, 2.75) is 77.2 Å². The van der Waals surface area contributed by atoms with Crippen LogP contribution in [0.5, 0.6) is 0 Å². The number of carbonyl (C=O) groups is 1. The summed E-state index contributed by atoms with van der Waals surface area (Å²) in [6.45, 7) is 2.35. The maximum atomic E-state index is 11.5. The van der Waals surface area contributed by atoms with Crippen LogP contribution in [0, 0.1) is 0 Å². The van der Waals surface area contributed by atoms with Crippen molar-refractivity contribution in [2.24, 2.45) is 0 Å². The van der Waals surface area contributed by atoms with Crippen LogP contribution in [0.3, 0.4) is 0 Å². The van der Waals surface area contributed by atoms with Gasteiger partial charge in [0.2, 0.25) is 0 Å². The number of ether oxygens (including phenoxy) is 2. The molecule has 0 aliphatic rings. The van der Waals surface area contributed by atoms with E-state index in [1.807, 2.05) is 0 Å². The lowest BCUT2D eigenvalue weighted by Gasteiger charge is -2.10. The van der Waals surface area contributed by atoms with Gasteiger partial charge in [0.05, 0.1) is 6.61 Å². The number of allylic oxidation sites excluding steroid dienone is 6. The minimum Gasteiger partial charge on any atom is -0.463 e. The summed E-state index contributed by atoms with van der Waals surface area (Å²) in [7, 11) is 1.51. The maximum absolute atomic E-state index is 11.5. The molecule has 150 valence electrons. The van der Waals surface area contributed by atoms with E-state index in [4.69, 9.17) is 9.47 Å². The van der Waals surface area contributed by atoms with Gasteiger partial charge in [-0.25, -0.2) is 0 Å². The first-order valence-electron chi connectivity index (χ1n) is 9.98. The van der Waals surface area contributed by atoms with Gasteiger partial charge in [0.1, 0.15) is 12.7 Å². The van der Waals surface area contributed by atoms with Crippen LogP contribution in [-0.4, -0.2) is 37.5 Å². The van der Waals surface area contributed by atoms with Crippen LogP contribution in [0.25, 0.3) is 0 Å². The van der Waals surface area contributed by atoms with Crippen molar-refractivity contribution in [3.05, 3.63) is 36.5 Å². The molecule has 1 N–H and O–H groups in total. The minimum absolute atomic E-state index is 0.0175. The normalized spacial score (nSPS) is 13.2. The zero-order valence-electron chi connectivity index (χ0n) is 16.7. The number of esters is 1. The molecule has 1 atom stereocenters. The Morgan fingerprint density at radius 2 is 1.50 bits per heavy atom. The lowest BCUT2D eigenvalue weighted by Crippen LogP contribution is -2.22. The predicted molar refractivity (Wildman–Crippen MR) is 108 cm³/mol. The standard InChI is InChI=1S/C22H38O4/c1-3-4-5-6-7-8-9-10-11-12-13-14-15-16-17-18-22(24)26-20-21(23)19-25-2/h4-5,7-8,10-11,21,23H,3,6,9,12-20H2,1-2H3/b5-4-,8-7-,11-10-. The van der Waals surface area contributed by atoms with E-state index in [0.29, 0.717) is 6.42 Å². The first-order chi connectivity index (χ1) is 12.7. The Labute approximate surface area is 160 Å². The molecule has 4 heteroatoms. The van der Waals surface area contributed by atoms with Gasteiger partial charge < -0.3 is 14.6 Å². The molecule has 4 nitrogen and oxygen atoms in total. The molecule has 0 spiro atoms. The van der Waals surface area contributed by atoms with Gasteiger partial charge in [0.25, 0.3) is 0 Å². The van der Waals surface area contributed by atoms with Crippen LogP contribution in [0.2, 0.25) is 0 Å². The van der Waals surface area contributed by atoms with Crippen LogP contribution in [0.1, 0.15) is 71.1 Å². The molecule has 0 saturated heterocycles. The first kappa shape index (κ1) is 24.6. The summed E-state index contributed by atoms with van der Waals surface area (Å²) in [6.07, 6.45) is 22.7. The molecule has 0 rings (SSSR count). The van der Waals surface area contributed by atoms with Gasteiger partial charge in [0.15, 0.2) is 0 Å². The van der Waals surface area contributed by atoms with Crippen LogP contribution in [0.15, 0.2) is 36.5 Å². The Bertz CT molecular complexity index is 399. The number of carbonyl (C=O) groups excluding carboxylic acids is 1. The highest BCUT2D eigenvalue weighted by molar-refractivity contribution is 5.69. The summed E-state index contributed by atoms with van der Waals surface area (Å²) in [4.78, 5) is 11.5. The van der Waals surface area contributed by atoms with E-state index < -0.39 is 6.10 Å². The summed E-state index contributed by atoms with van der Waals surface area (Å²) in [5.41, 5.74) is 0. The second-order valence-electron chi connectivity index (χ2n) is 6.39. The smallest absolute Gasteiger partial charge is 0.305 e. The molecule has 0 saturated carbocycles. The van der Waals surface area contributed by atoms with Gasteiger partial charge in [-0.15, -0.1) is 0 Å². The largest absolute Gasteiger partial charge is 0.463 e. The number of unbranched alkanes of at least 4 members (excludes halogenated alkanes) is 5. The molecule has 0 heterocycles. The van der Waals surface area contributed by atoms with Crippen LogP contribution in [0.4, 0.5) is 0 Å². The predicted octanol–water partition coefficient (Wildman–Crippen LogP) is 5.13. The van der Waals surface area contributed by atoms with E-state index in [0.717, 1.165) is 44.9 Å². The minimum atomic E-state index is -0.731. The summed E-state index contributed by atoms with van der Waals surface area (Å²) in [6, 6.07) is 0. The highest BCUT2D eigenvalue weighted by Crippen LogP contribution is 2.08. The lowest BCUT2D eigenvalue weighted by atomic mass is 10.1. The number of methoxy groups -OCH3 is 1. The number of hydrogen-bond donors (Lipinski definition) is 1. The molecule has 26 heavy (non-hydrogen) atoms. The van der Waals surface area contributed by atoms with E-state index in [1.54, 1.807) is 0 Å². The number of aliphatic hydroxyl groups is 1. The molecule has 0 bridgehead atoms. The van der Waals surface area contributed by atoms with Crippen molar-refractivity contribution in [3.63, 3.8) is 0 Å². The summed E-state index contributed by atoms with van der Waals surface area (Å²) in [5.74, 6) is -0.235. The van der Waals surface area contributed by atoms with Gasteiger partial charge in [-0.05, 0) is 38.5 Å². The Balaban J connectivity index is 3.36. The molecule has 0 aromatic carbocycles. The van der Waals surface area contributed by atoms with Crippen molar-refractivity contribution in [3.8, 4) is 0 Å². The monoisotopic (exact) mass is 366 g/mol. The number of rotatable bonds is 17. The second kappa shape index (κ2) is 19.9. The quantitative estimate of drug-likeness (QED) is 0.220. The summed E-state index contributed by atoms with van der Waals surface area (Å²) >= 11 is 0. The number of aliphatic hydroxyl groups excluding tert-OH is 1. The van der Waals surface area contributed by atoms with Crippen molar-refractivity contribution in [2.75, 3.05) is 20.3 Å². The van der Waals surface area contributed by atoms with E-state index in [9.17, 15) is 9.90 Å². The molecular formula is C22H38O4. The third-order valence-corrected chi connectivity index (χ3v) is 3.83. The topological polar surface area (TPSA) is 55.8 Å². The van der Waals surface area contributed by atoms with Crippen molar-refractivity contribution in [1.82, 2.24) is 0 Å². The van der Waals surface area contributed by atoms with E-state index >= 15 is 0 Å². The fraction of sp³-hybridized carbons (Fsp3) is 0.682. The van der Waals surface area contributed by atoms with Gasteiger partial charge >= 0.3 is 5.97 Å². The lowest BCUT2D eigenvalue weighted by molar-refractivity contribution is -0.147. The Kier molecular flexibility index (Phi) is 18.9. The maximum Gasteiger partial charge on any atom is 0.305 e. The SMILES string of the molecule is CC/C=C\C/C=C\C/C=C\CCCCCCCC(=O)OCC(O)COC. The van der Waals surface area contributed by atoms with E-state index in [1.165, 1.54) is 20.0 Å². The summed E-state index contributed by atoms with van der Waals surface area (Å²) < 4.78 is 9.76. The average Bonchev–Trinajstić information content (AvgIpc) is 2.63. The Hall–Kier alpha value is -1.39. The van der Waals surface area contributed by atoms with Crippen molar-refractivity contribution < 1.29 is 19.4 Å². The fourth-order valence-corrected chi connectivity index (χ4v) is 2.39. The second-order valence-corrected chi connectivity index (χ2v) is 6.39. The molecule has 0 amide bonds. The van der Waals surface area contributed by atoms with Crippen LogP contribution < -0.4 is 0 Å². The molecule has 0 radical (unpaired) electrons. The fourth-order valence-electron chi connectivity index (χ4n) is 2.39. The summed E-state index contributed by atoms with van der Waals surface area (Å²) in [5, 5.41) is 9.39.